The summed E-state index contributed by atoms with van der Waals surface area (Å²) < 4.78 is 30.8. The van der Waals surface area contributed by atoms with E-state index in [1.807, 2.05) is 6.07 Å². The molecule has 8 heteroatoms. The summed E-state index contributed by atoms with van der Waals surface area (Å²) in [4.78, 5) is 18.6. The molecule has 3 aromatic rings. The number of piperazine rings is 1. The smallest absolute Gasteiger partial charge is 0.289 e. The van der Waals surface area contributed by atoms with Crippen LogP contribution in [0.25, 0.3) is 0 Å². The summed E-state index contributed by atoms with van der Waals surface area (Å²) in [5.74, 6) is -0.382. The highest BCUT2D eigenvalue weighted by Crippen LogP contribution is 2.22. The Kier molecular flexibility index (Phi) is 5.84. The molecule has 29 heavy (non-hydrogen) atoms. The Morgan fingerprint density at radius 3 is 2.45 bits per heavy atom. The summed E-state index contributed by atoms with van der Waals surface area (Å²) in [5, 5.41) is 2.07. The van der Waals surface area contributed by atoms with Gasteiger partial charge >= 0.3 is 0 Å². The second-order valence-corrected chi connectivity index (χ2v) is 10.0. The summed E-state index contributed by atoms with van der Waals surface area (Å²) in [7, 11) is -3.55. The number of hydrogen-bond acceptors (Lipinski definition) is 6. The van der Waals surface area contributed by atoms with Crippen molar-refractivity contribution >= 4 is 27.1 Å². The van der Waals surface area contributed by atoms with E-state index in [1.165, 1.54) is 11.1 Å². The van der Waals surface area contributed by atoms with Gasteiger partial charge in [0.1, 0.15) is 0 Å². The lowest BCUT2D eigenvalue weighted by Gasteiger charge is -2.34. The number of rotatable bonds is 6. The number of hydrogen-bond donors (Lipinski definition) is 0. The summed E-state index contributed by atoms with van der Waals surface area (Å²) >= 11 is 1.73. The van der Waals surface area contributed by atoms with E-state index in [1.54, 1.807) is 52.6 Å². The van der Waals surface area contributed by atoms with Gasteiger partial charge in [-0.05, 0) is 29.6 Å². The van der Waals surface area contributed by atoms with E-state index in [2.05, 4.69) is 16.3 Å². The first-order valence-corrected chi connectivity index (χ1v) is 11.9. The maximum Gasteiger partial charge on any atom is 0.289 e. The van der Waals surface area contributed by atoms with Gasteiger partial charge < -0.3 is 9.32 Å². The predicted octanol–water partition coefficient (Wildman–Crippen LogP) is 3.27. The third-order valence-electron chi connectivity index (χ3n) is 5.01. The van der Waals surface area contributed by atoms with Gasteiger partial charge in [-0.1, -0.05) is 24.3 Å². The number of carbonyl (C=O) groups is 1. The molecule has 6 nitrogen and oxygen atoms in total. The molecule has 0 atom stereocenters. The molecule has 152 valence electrons. The maximum atomic E-state index is 12.9. The van der Waals surface area contributed by atoms with Crippen molar-refractivity contribution in [2.24, 2.45) is 0 Å². The Balaban J connectivity index is 1.41. The second-order valence-electron chi connectivity index (χ2n) is 6.99. The van der Waals surface area contributed by atoms with E-state index in [0.29, 0.717) is 18.7 Å². The molecular formula is C21H22N2O4S2. The van der Waals surface area contributed by atoms with E-state index >= 15 is 0 Å². The number of furan rings is 1. The molecule has 1 amide bonds. The van der Waals surface area contributed by atoms with E-state index in [0.717, 1.165) is 19.6 Å². The molecule has 0 unspecified atom stereocenters. The zero-order valence-electron chi connectivity index (χ0n) is 15.9. The lowest BCUT2D eigenvalue weighted by atomic mass is 10.2. The van der Waals surface area contributed by atoms with Gasteiger partial charge in [-0.25, -0.2) is 8.42 Å². The largest absolute Gasteiger partial charge is 0.459 e. The zero-order chi connectivity index (χ0) is 20.3. The van der Waals surface area contributed by atoms with Crippen LogP contribution in [0, 0.1) is 0 Å². The van der Waals surface area contributed by atoms with Crippen molar-refractivity contribution in [2.75, 3.05) is 26.2 Å². The zero-order valence-corrected chi connectivity index (χ0v) is 17.5. The van der Waals surface area contributed by atoms with Gasteiger partial charge in [-0.15, -0.1) is 11.3 Å². The number of carbonyl (C=O) groups excluding carboxylic acids is 1. The Morgan fingerprint density at radius 2 is 1.76 bits per heavy atom. The normalized spacial score (nSPS) is 15.5. The third-order valence-corrected chi connectivity index (χ3v) is 7.55. The molecule has 3 heterocycles. The Morgan fingerprint density at radius 1 is 1.00 bits per heavy atom. The first-order valence-electron chi connectivity index (χ1n) is 9.41. The van der Waals surface area contributed by atoms with Crippen LogP contribution in [0.15, 0.2) is 69.5 Å². The summed E-state index contributed by atoms with van der Waals surface area (Å²) in [6.45, 7) is 3.64. The fraction of sp³-hybridized carbons (Fsp3) is 0.286. The molecule has 1 aliphatic heterocycles. The van der Waals surface area contributed by atoms with E-state index in [9.17, 15) is 13.2 Å². The first kappa shape index (κ1) is 19.9. The molecule has 0 bridgehead atoms. The minimum Gasteiger partial charge on any atom is -0.459 e. The first-order chi connectivity index (χ1) is 14.0. The molecule has 1 aromatic carbocycles. The molecule has 1 fully saturated rings. The Labute approximate surface area is 174 Å². The maximum absolute atomic E-state index is 12.9. The average Bonchev–Trinajstić information content (AvgIpc) is 3.40. The molecular weight excluding hydrogens is 408 g/mol. The van der Waals surface area contributed by atoms with Crippen molar-refractivity contribution in [1.82, 2.24) is 9.80 Å². The lowest BCUT2D eigenvalue weighted by molar-refractivity contribution is 0.0598. The number of benzene rings is 1. The third kappa shape index (κ3) is 4.60. The standard InChI is InChI=1S/C21H22N2O4S2/c24-21(23-11-9-22(10-12-23)15-18-5-4-14-28-18)20-17(8-13-27-20)16-29(25,26)19-6-2-1-3-7-19/h1-8,13-14H,9-12,15-16H2. The SMILES string of the molecule is O=C(c1occc1CS(=O)(=O)c1ccccc1)N1CCN(Cc2cccs2)CC1. The molecule has 0 saturated carbocycles. The molecule has 1 aliphatic rings. The van der Waals surface area contributed by atoms with Crippen molar-refractivity contribution in [3.8, 4) is 0 Å². The average molecular weight is 431 g/mol. The van der Waals surface area contributed by atoms with Crippen LogP contribution < -0.4 is 0 Å². The fourth-order valence-corrected chi connectivity index (χ4v) is 5.55. The minimum absolute atomic E-state index is 0.121. The number of sulfone groups is 1. The van der Waals surface area contributed by atoms with E-state index in [-0.39, 0.29) is 22.3 Å². The van der Waals surface area contributed by atoms with Crippen LogP contribution in [0.1, 0.15) is 21.0 Å². The van der Waals surface area contributed by atoms with Crippen LogP contribution in [0.4, 0.5) is 0 Å². The molecule has 4 rings (SSSR count). The highest BCUT2D eigenvalue weighted by Gasteiger charge is 2.28. The van der Waals surface area contributed by atoms with Gasteiger partial charge in [0.05, 0.1) is 16.9 Å². The van der Waals surface area contributed by atoms with Crippen LogP contribution in [-0.2, 0) is 22.1 Å². The Bertz CT molecular complexity index is 1050. The minimum atomic E-state index is -3.55. The second kappa shape index (κ2) is 8.52. The molecule has 0 aliphatic carbocycles. The van der Waals surface area contributed by atoms with Crippen LogP contribution >= 0.6 is 11.3 Å². The van der Waals surface area contributed by atoms with Crippen molar-refractivity contribution < 1.29 is 17.6 Å². The number of amides is 1. The van der Waals surface area contributed by atoms with Crippen molar-refractivity contribution in [3.63, 3.8) is 0 Å². The summed E-state index contributed by atoms with van der Waals surface area (Å²) in [6.07, 6.45) is 1.39. The molecule has 0 radical (unpaired) electrons. The van der Waals surface area contributed by atoms with Gasteiger partial charge in [0.2, 0.25) is 0 Å². The quantitative estimate of drug-likeness (QED) is 0.600. The van der Waals surface area contributed by atoms with E-state index < -0.39 is 9.84 Å². The monoisotopic (exact) mass is 430 g/mol. The predicted molar refractivity (Wildman–Crippen MR) is 112 cm³/mol. The van der Waals surface area contributed by atoms with Gasteiger partial charge in [-0.3, -0.25) is 9.69 Å². The van der Waals surface area contributed by atoms with Gasteiger partial charge in [0.15, 0.2) is 15.6 Å². The van der Waals surface area contributed by atoms with Crippen LogP contribution in [0.3, 0.4) is 0 Å². The van der Waals surface area contributed by atoms with Crippen molar-refractivity contribution in [1.29, 1.82) is 0 Å². The fourth-order valence-electron chi connectivity index (χ4n) is 3.43. The molecule has 0 N–H and O–H groups in total. The molecule has 1 saturated heterocycles. The van der Waals surface area contributed by atoms with E-state index in [4.69, 9.17) is 4.42 Å². The lowest BCUT2D eigenvalue weighted by Crippen LogP contribution is -2.48. The molecule has 2 aromatic heterocycles. The topological polar surface area (TPSA) is 70.8 Å². The van der Waals surface area contributed by atoms with Gasteiger partial charge in [0.25, 0.3) is 5.91 Å². The summed E-state index contributed by atoms with van der Waals surface area (Å²) in [5.41, 5.74) is 0.403. The highest BCUT2D eigenvalue weighted by atomic mass is 32.2. The van der Waals surface area contributed by atoms with Gasteiger partial charge in [0, 0.05) is 43.2 Å². The Hall–Kier alpha value is -2.42. The number of thiophene rings is 1. The van der Waals surface area contributed by atoms with Crippen molar-refractivity contribution in [3.05, 3.63) is 76.4 Å². The van der Waals surface area contributed by atoms with Crippen LogP contribution in [0.2, 0.25) is 0 Å². The summed E-state index contributed by atoms with van der Waals surface area (Å²) in [6, 6.07) is 14.0. The van der Waals surface area contributed by atoms with Gasteiger partial charge in [-0.2, -0.15) is 0 Å². The highest BCUT2D eigenvalue weighted by molar-refractivity contribution is 7.90. The van der Waals surface area contributed by atoms with Crippen LogP contribution in [-0.4, -0.2) is 50.3 Å². The number of nitrogens with zero attached hydrogens (tertiary/aromatic N) is 2. The molecule has 0 spiro atoms. The van der Waals surface area contributed by atoms with Crippen LogP contribution in [0.5, 0.6) is 0 Å². The van der Waals surface area contributed by atoms with Crippen molar-refractivity contribution in [2.45, 2.75) is 17.2 Å².